The lowest BCUT2D eigenvalue weighted by atomic mass is 10.2. The van der Waals surface area contributed by atoms with Gasteiger partial charge in [-0.25, -0.2) is 4.39 Å². The fourth-order valence-electron chi connectivity index (χ4n) is 1.42. The molecule has 0 saturated carbocycles. The Labute approximate surface area is 117 Å². The Morgan fingerprint density at radius 2 is 2.22 bits per heavy atom. The van der Waals surface area contributed by atoms with Gasteiger partial charge in [0.05, 0.1) is 4.88 Å². The molecule has 2 rings (SSSR count). The van der Waals surface area contributed by atoms with Crippen molar-refractivity contribution in [2.24, 2.45) is 0 Å². The van der Waals surface area contributed by atoms with E-state index in [2.05, 4.69) is 15.9 Å². The van der Waals surface area contributed by atoms with E-state index in [-0.39, 0.29) is 18.1 Å². The van der Waals surface area contributed by atoms with Gasteiger partial charge in [0.25, 0.3) is 0 Å². The average molecular weight is 329 g/mol. The Balaban J connectivity index is 2.06. The summed E-state index contributed by atoms with van der Waals surface area (Å²) >= 11 is 4.61. The molecule has 18 heavy (non-hydrogen) atoms. The quantitative estimate of drug-likeness (QED) is 0.785. The Kier molecular flexibility index (Phi) is 4.14. The zero-order chi connectivity index (χ0) is 13.1. The molecule has 1 aromatic heterocycles. The van der Waals surface area contributed by atoms with Crippen LogP contribution < -0.4 is 4.74 Å². The second-order valence-corrected chi connectivity index (χ2v) is 5.51. The fourth-order valence-corrected chi connectivity index (χ4v) is 2.94. The first-order valence-electron chi connectivity index (χ1n) is 5.23. The number of thiophene rings is 1. The van der Waals surface area contributed by atoms with Crippen LogP contribution in [-0.2, 0) is 0 Å². The predicted octanol–water partition coefficient (Wildman–Crippen LogP) is 4.22. The second kappa shape index (κ2) is 5.63. The molecule has 0 fully saturated rings. The molecule has 5 heteroatoms. The summed E-state index contributed by atoms with van der Waals surface area (Å²) in [6.07, 6.45) is 0. The van der Waals surface area contributed by atoms with Gasteiger partial charge in [-0.3, -0.25) is 4.79 Å². The molecule has 0 saturated heterocycles. The Morgan fingerprint density at radius 3 is 2.89 bits per heavy atom. The number of hydrogen-bond acceptors (Lipinski definition) is 3. The summed E-state index contributed by atoms with van der Waals surface area (Å²) in [6.45, 7) is 1.67. The van der Waals surface area contributed by atoms with Crippen molar-refractivity contribution < 1.29 is 13.9 Å². The summed E-state index contributed by atoms with van der Waals surface area (Å²) in [6, 6.07) is 6.35. The highest BCUT2D eigenvalue weighted by Gasteiger charge is 2.13. The van der Waals surface area contributed by atoms with Crippen LogP contribution in [-0.4, -0.2) is 12.4 Å². The van der Waals surface area contributed by atoms with Crippen LogP contribution in [0.5, 0.6) is 5.75 Å². The van der Waals surface area contributed by atoms with Crippen LogP contribution in [0.25, 0.3) is 0 Å². The van der Waals surface area contributed by atoms with Crippen molar-refractivity contribution >= 4 is 33.0 Å². The molecule has 0 aliphatic heterocycles. The lowest BCUT2D eigenvalue weighted by molar-refractivity contribution is 0.0922. The molecule has 0 radical (unpaired) electrons. The van der Waals surface area contributed by atoms with Crippen LogP contribution in [0.3, 0.4) is 0 Å². The number of Topliss-reactive ketones (excluding diaryl/α,β-unsaturated/α-hetero) is 1. The van der Waals surface area contributed by atoms with E-state index in [0.29, 0.717) is 4.88 Å². The summed E-state index contributed by atoms with van der Waals surface area (Å²) in [7, 11) is 0. The standard InChI is InChI=1S/C13H10BrFO2S/c1-8-2-3-10(15)12(6-8)17-7-11(16)13-9(14)4-5-18-13/h2-6H,7H2,1H3. The van der Waals surface area contributed by atoms with Crippen LogP contribution in [0.2, 0.25) is 0 Å². The van der Waals surface area contributed by atoms with Crippen LogP contribution >= 0.6 is 27.3 Å². The van der Waals surface area contributed by atoms with Gasteiger partial charge >= 0.3 is 0 Å². The molecule has 0 unspecified atom stereocenters. The molecule has 0 bridgehead atoms. The maximum Gasteiger partial charge on any atom is 0.211 e. The molecule has 0 atom stereocenters. The number of ketones is 1. The molecule has 1 heterocycles. The zero-order valence-corrected chi connectivity index (χ0v) is 12.0. The Hall–Kier alpha value is -1.20. The summed E-state index contributed by atoms with van der Waals surface area (Å²) in [4.78, 5) is 12.4. The summed E-state index contributed by atoms with van der Waals surface area (Å²) < 4.78 is 19.4. The highest BCUT2D eigenvalue weighted by atomic mass is 79.9. The van der Waals surface area contributed by atoms with E-state index < -0.39 is 5.82 Å². The molecule has 2 aromatic rings. The third-order valence-corrected chi connectivity index (χ3v) is 4.19. The predicted molar refractivity (Wildman–Crippen MR) is 73.0 cm³/mol. The molecule has 2 nitrogen and oxygen atoms in total. The van der Waals surface area contributed by atoms with Gasteiger partial charge in [-0.05, 0) is 52.0 Å². The van der Waals surface area contributed by atoms with Gasteiger partial charge in [0, 0.05) is 4.47 Å². The number of hydrogen-bond donors (Lipinski definition) is 0. The number of aryl methyl sites for hydroxylation is 1. The maximum absolute atomic E-state index is 13.4. The monoisotopic (exact) mass is 328 g/mol. The Morgan fingerprint density at radius 1 is 1.44 bits per heavy atom. The molecule has 94 valence electrons. The highest BCUT2D eigenvalue weighted by molar-refractivity contribution is 9.10. The Bertz CT molecular complexity index is 580. The summed E-state index contributed by atoms with van der Waals surface area (Å²) in [5, 5.41) is 1.81. The third kappa shape index (κ3) is 2.97. The van der Waals surface area contributed by atoms with Crippen molar-refractivity contribution in [1.29, 1.82) is 0 Å². The van der Waals surface area contributed by atoms with Crippen molar-refractivity contribution in [3.05, 3.63) is 50.4 Å². The minimum atomic E-state index is -0.460. The van der Waals surface area contributed by atoms with Gasteiger partial charge in [-0.2, -0.15) is 0 Å². The second-order valence-electron chi connectivity index (χ2n) is 3.74. The van der Waals surface area contributed by atoms with Crippen LogP contribution in [0.1, 0.15) is 15.2 Å². The zero-order valence-electron chi connectivity index (χ0n) is 9.57. The molecule has 0 N–H and O–H groups in total. The minimum Gasteiger partial charge on any atom is -0.482 e. The lowest BCUT2D eigenvalue weighted by Crippen LogP contribution is -2.11. The SMILES string of the molecule is Cc1ccc(F)c(OCC(=O)c2sccc2Br)c1. The largest absolute Gasteiger partial charge is 0.482 e. The first-order chi connectivity index (χ1) is 8.58. The molecule has 0 aliphatic rings. The van der Waals surface area contributed by atoms with Gasteiger partial charge in [0.2, 0.25) is 5.78 Å². The van der Waals surface area contributed by atoms with E-state index in [1.54, 1.807) is 18.2 Å². The molecular formula is C13H10BrFO2S. The van der Waals surface area contributed by atoms with Crippen molar-refractivity contribution in [3.8, 4) is 5.75 Å². The number of carbonyl (C=O) groups is 1. The van der Waals surface area contributed by atoms with Gasteiger partial charge in [-0.15, -0.1) is 11.3 Å². The smallest absolute Gasteiger partial charge is 0.211 e. The van der Waals surface area contributed by atoms with E-state index in [4.69, 9.17) is 4.74 Å². The van der Waals surface area contributed by atoms with Gasteiger partial charge in [0.1, 0.15) is 0 Å². The normalized spacial score (nSPS) is 10.4. The molecule has 0 amide bonds. The van der Waals surface area contributed by atoms with E-state index >= 15 is 0 Å². The van der Waals surface area contributed by atoms with Crippen LogP contribution in [0.4, 0.5) is 4.39 Å². The molecular weight excluding hydrogens is 319 g/mol. The maximum atomic E-state index is 13.4. The van der Waals surface area contributed by atoms with Crippen molar-refractivity contribution in [3.63, 3.8) is 0 Å². The highest BCUT2D eigenvalue weighted by Crippen LogP contribution is 2.24. The average Bonchev–Trinajstić information content (AvgIpc) is 2.76. The molecule has 1 aromatic carbocycles. The topological polar surface area (TPSA) is 26.3 Å². The number of benzene rings is 1. The van der Waals surface area contributed by atoms with Crippen LogP contribution in [0, 0.1) is 12.7 Å². The van der Waals surface area contributed by atoms with Gasteiger partial charge in [-0.1, -0.05) is 6.07 Å². The first kappa shape index (κ1) is 13.2. The number of halogens is 2. The minimum absolute atomic E-state index is 0.107. The van der Waals surface area contributed by atoms with E-state index in [9.17, 15) is 9.18 Å². The molecule has 0 spiro atoms. The molecule has 0 aliphatic carbocycles. The van der Waals surface area contributed by atoms with E-state index in [1.807, 2.05) is 12.3 Å². The first-order valence-corrected chi connectivity index (χ1v) is 6.90. The van der Waals surface area contributed by atoms with E-state index in [1.165, 1.54) is 17.4 Å². The third-order valence-electron chi connectivity index (χ3n) is 2.32. The van der Waals surface area contributed by atoms with Crippen molar-refractivity contribution in [1.82, 2.24) is 0 Å². The number of carbonyl (C=O) groups excluding carboxylic acids is 1. The van der Waals surface area contributed by atoms with Crippen LogP contribution in [0.15, 0.2) is 34.1 Å². The van der Waals surface area contributed by atoms with Crippen molar-refractivity contribution in [2.45, 2.75) is 6.92 Å². The van der Waals surface area contributed by atoms with E-state index in [0.717, 1.165) is 10.0 Å². The number of ether oxygens (including phenoxy) is 1. The van der Waals surface area contributed by atoms with Gasteiger partial charge in [0.15, 0.2) is 18.2 Å². The fraction of sp³-hybridized carbons (Fsp3) is 0.154. The van der Waals surface area contributed by atoms with Crippen molar-refractivity contribution in [2.75, 3.05) is 6.61 Å². The lowest BCUT2D eigenvalue weighted by Gasteiger charge is -2.06. The summed E-state index contributed by atoms with van der Waals surface area (Å²) in [5.41, 5.74) is 0.885. The summed E-state index contributed by atoms with van der Waals surface area (Å²) in [5.74, 6) is -0.521. The van der Waals surface area contributed by atoms with Gasteiger partial charge < -0.3 is 4.74 Å². The number of rotatable bonds is 4.